The van der Waals surface area contributed by atoms with Gasteiger partial charge in [-0.1, -0.05) is 0 Å². The van der Waals surface area contributed by atoms with Crippen molar-refractivity contribution in [2.24, 2.45) is 0 Å². The maximum Gasteiger partial charge on any atom is 0.244 e. The minimum Gasteiger partial charge on any atom is -0.347 e. The fourth-order valence-corrected chi connectivity index (χ4v) is 1.56. The van der Waals surface area contributed by atoms with E-state index < -0.39 is 0 Å². The topological polar surface area (TPSA) is 102 Å². The third-order valence-corrected chi connectivity index (χ3v) is 2.49. The smallest absolute Gasteiger partial charge is 0.244 e. The summed E-state index contributed by atoms with van der Waals surface area (Å²) in [6.45, 7) is 3.09. The first-order valence-corrected chi connectivity index (χ1v) is 5.93. The molecule has 0 atom stereocenters. The van der Waals surface area contributed by atoms with Crippen LogP contribution in [0.1, 0.15) is 12.7 Å². The number of carbonyl (C=O) groups excluding carboxylic acids is 2. The second-order valence-electron chi connectivity index (χ2n) is 4.06. The van der Waals surface area contributed by atoms with Crippen molar-refractivity contribution >= 4 is 17.6 Å². The molecule has 0 aliphatic heterocycles. The molecule has 104 valence electrons. The summed E-state index contributed by atoms with van der Waals surface area (Å²) in [5.41, 5.74) is 0. The van der Waals surface area contributed by atoms with Crippen LogP contribution in [0, 0.1) is 6.92 Å². The second kappa shape index (κ2) is 5.91. The number of aryl methyl sites for hydroxylation is 1. The van der Waals surface area contributed by atoms with Crippen LogP contribution in [0.5, 0.6) is 0 Å². The van der Waals surface area contributed by atoms with Gasteiger partial charge in [-0.3, -0.25) is 14.2 Å². The van der Waals surface area contributed by atoms with E-state index in [2.05, 4.69) is 25.6 Å². The highest BCUT2D eigenvalue weighted by molar-refractivity contribution is 5.93. The number of amides is 2. The predicted molar refractivity (Wildman–Crippen MR) is 71.2 cm³/mol. The van der Waals surface area contributed by atoms with Gasteiger partial charge in [-0.05, 0) is 6.92 Å². The Kier molecular flexibility index (Phi) is 4.04. The Morgan fingerprint density at radius 1 is 1.30 bits per heavy atom. The van der Waals surface area contributed by atoms with Crippen molar-refractivity contribution < 1.29 is 9.59 Å². The summed E-state index contributed by atoms with van der Waals surface area (Å²) in [6.07, 6.45) is 4.77. The Hall–Kier alpha value is -2.77. The number of aromatic nitrogens is 4. The molecule has 0 radical (unpaired) electrons. The maximum absolute atomic E-state index is 11.6. The van der Waals surface area contributed by atoms with Crippen LogP contribution in [0.15, 0.2) is 24.8 Å². The number of anilines is 1. The Labute approximate surface area is 115 Å². The molecule has 2 heterocycles. The van der Waals surface area contributed by atoms with E-state index in [0.717, 1.165) is 5.82 Å². The normalized spacial score (nSPS) is 10.1. The first-order valence-electron chi connectivity index (χ1n) is 5.93. The van der Waals surface area contributed by atoms with Gasteiger partial charge in [0, 0.05) is 25.4 Å². The lowest BCUT2D eigenvalue weighted by molar-refractivity contribution is -0.122. The van der Waals surface area contributed by atoms with Gasteiger partial charge in [0.15, 0.2) is 0 Å². The number of nitrogens with one attached hydrogen (secondary N) is 2. The molecule has 0 aliphatic carbocycles. The van der Waals surface area contributed by atoms with Crippen LogP contribution in [0.2, 0.25) is 0 Å². The lowest BCUT2D eigenvalue weighted by Gasteiger charge is -2.07. The molecule has 0 spiro atoms. The number of hydrogen-bond donors (Lipinski definition) is 2. The summed E-state index contributed by atoms with van der Waals surface area (Å²) in [5, 5.41) is 4.99. The van der Waals surface area contributed by atoms with Crippen molar-refractivity contribution in [3.05, 3.63) is 30.6 Å². The summed E-state index contributed by atoms with van der Waals surface area (Å²) in [4.78, 5) is 34.5. The molecule has 2 amide bonds. The van der Waals surface area contributed by atoms with E-state index in [1.54, 1.807) is 23.0 Å². The van der Waals surface area contributed by atoms with Crippen LogP contribution >= 0.6 is 0 Å². The summed E-state index contributed by atoms with van der Waals surface area (Å²) in [6, 6.07) is 1.63. The fourth-order valence-electron chi connectivity index (χ4n) is 1.56. The molecule has 0 saturated carbocycles. The molecule has 2 aromatic heterocycles. The molecule has 2 aromatic rings. The van der Waals surface area contributed by atoms with Gasteiger partial charge < -0.3 is 10.6 Å². The van der Waals surface area contributed by atoms with Crippen molar-refractivity contribution in [2.45, 2.75) is 13.8 Å². The first-order chi connectivity index (χ1) is 9.56. The summed E-state index contributed by atoms with van der Waals surface area (Å²) in [7, 11) is 0. The van der Waals surface area contributed by atoms with Crippen molar-refractivity contribution in [1.82, 2.24) is 24.8 Å². The fraction of sp³-hybridized carbons (Fsp3) is 0.250. The van der Waals surface area contributed by atoms with E-state index in [1.807, 2.05) is 6.92 Å². The molecule has 8 heteroatoms. The Bertz CT molecular complexity index is 636. The molecule has 0 saturated heterocycles. The van der Waals surface area contributed by atoms with Gasteiger partial charge in [0.2, 0.25) is 11.8 Å². The van der Waals surface area contributed by atoms with Crippen LogP contribution in [0.3, 0.4) is 0 Å². The average molecular weight is 274 g/mol. The van der Waals surface area contributed by atoms with E-state index >= 15 is 0 Å². The average Bonchev–Trinajstić information content (AvgIpc) is 2.83. The summed E-state index contributed by atoms with van der Waals surface area (Å²) in [5.74, 6) is 1.12. The second-order valence-corrected chi connectivity index (χ2v) is 4.06. The third kappa shape index (κ3) is 3.37. The Morgan fingerprint density at radius 2 is 2.10 bits per heavy atom. The molecule has 20 heavy (non-hydrogen) atoms. The largest absolute Gasteiger partial charge is 0.347 e. The van der Waals surface area contributed by atoms with Crippen LogP contribution in [0.25, 0.3) is 5.82 Å². The minimum atomic E-state index is -0.354. The van der Waals surface area contributed by atoms with Crippen molar-refractivity contribution in [2.75, 3.05) is 11.9 Å². The standard InChI is InChI=1S/C12H14N6O2/c1-8-13-3-4-18(8)11-5-10(15-7-16-11)17-12(20)6-14-9(2)19/h3-5,7H,6H2,1-2H3,(H,14,19)(H,15,16,17,20). The highest BCUT2D eigenvalue weighted by Gasteiger charge is 2.07. The quantitative estimate of drug-likeness (QED) is 0.820. The molecule has 0 unspecified atom stereocenters. The molecule has 2 N–H and O–H groups in total. The zero-order chi connectivity index (χ0) is 14.5. The van der Waals surface area contributed by atoms with Gasteiger partial charge in [-0.25, -0.2) is 15.0 Å². The monoisotopic (exact) mass is 274 g/mol. The number of carbonyl (C=O) groups is 2. The van der Waals surface area contributed by atoms with Crippen LogP contribution in [-0.2, 0) is 9.59 Å². The highest BCUT2D eigenvalue weighted by atomic mass is 16.2. The maximum atomic E-state index is 11.6. The molecule has 0 bridgehead atoms. The third-order valence-electron chi connectivity index (χ3n) is 2.49. The van der Waals surface area contributed by atoms with Crippen molar-refractivity contribution in [3.8, 4) is 5.82 Å². The highest BCUT2D eigenvalue weighted by Crippen LogP contribution is 2.10. The molecule has 0 aromatic carbocycles. The number of rotatable bonds is 4. The molecular weight excluding hydrogens is 260 g/mol. The van der Waals surface area contributed by atoms with E-state index in [4.69, 9.17) is 0 Å². The van der Waals surface area contributed by atoms with Crippen molar-refractivity contribution in [1.29, 1.82) is 0 Å². The molecule has 0 aliphatic rings. The molecule has 2 rings (SSSR count). The van der Waals surface area contributed by atoms with E-state index in [0.29, 0.717) is 11.6 Å². The van der Waals surface area contributed by atoms with Crippen molar-refractivity contribution in [3.63, 3.8) is 0 Å². The number of nitrogens with zero attached hydrogens (tertiary/aromatic N) is 4. The number of hydrogen-bond acceptors (Lipinski definition) is 5. The summed E-state index contributed by atoms with van der Waals surface area (Å²) >= 11 is 0. The zero-order valence-electron chi connectivity index (χ0n) is 11.1. The van der Waals surface area contributed by atoms with Crippen LogP contribution in [-0.4, -0.2) is 37.9 Å². The van der Waals surface area contributed by atoms with E-state index in [1.165, 1.54) is 13.3 Å². The van der Waals surface area contributed by atoms with Gasteiger partial charge >= 0.3 is 0 Å². The molecule has 8 nitrogen and oxygen atoms in total. The SMILES string of the molecule is CC(=O)NCC(=O)Nc1cc(-n2ccnc2C)ncn1. The minimum absolute atomic E-state index is 0.0984. The van der Waals surface area contributed by atoms with Gasteiger partial charge in [-0.2, -0.15) is 0 Å². The van der Waals surface area contributed by atoms with E-state index in [9.17, 15) is 9.59 Å². The Morgan fingerprint density at radius 3 is 2.75 bits per heavy atom. The molecule has 0 fully saturated rings. The van der Waals surface area contributed by atoms with Crippen LogP contribution < -0.4 is 10.6 Å². The van der Waals surface area contributed by atoms with Gasteiger partial charge in [0.25, 0.3) is 0 Å². The zero-order valence-corrected chi connectivity index (χ0v) is 11.1. The Balaban J connectivity index is 2.09. The van der Waals surface area contributed by atoms with Gasteiger partial charge in [0.1, 0.15) is 23.8 Å². The summed E-state index contributed by atoms with van der Waals surface area (Å²) < 4.78 is 1.77. The lowest BCUT2D eigenvalue weighted by Crippen LogP contribution is -2.31. The van der Waals surface area contributed by atoms with Gasteiger partial charge in [0.05, 0.1) is 6.54 Å². The van der Waals surface area contributed by atoms with Gasteiger partial charge in [-0.15, -0.1) is 0 Å². The number of imidazole rings is 1. The predicted octanol–water partition coefficient (Wildman–Crippen LogP) is 0.0453. The lowest BCUT2D eigenvalue weighted by atomic mass is 10.4. The first kappa shape index (κ1) is 13.7. The van der Waals surface area contributed by atoms with Crippen LogP contribution in [0.4, 0.5) is 5.82 Å². The molecular formula is C12H14N6O2. The van der Waals surface area contributed by atoms with E-state index in [-0.39, 0.29) is 18.4 Å².